The van der Waals surface area contributed by atoms with Gasteiger partial charge in [0.2, 0.25) is 0 Å². The highest BCUT2D eigenvalue weighted by Gasteiger charge is 2.20. The first-order chi connectivity index (χ1) is 6.22. The van der Waals surface area contributed by atoms with E-state index < -0.39 is 0 Å². The van der Waals surface area contributed by atoms with Crippen LogP contribution in [0.1, 0.15) is 40.0 Å². The molecule has 2 N–H and O–H groups in total. The second-order valence-corrected chi connectivity index (χ2v) is 3.77. The third-order valence-electron chi connectivity index (χ3n) is 2.98. The first-order valence-corrected chi connectivity index (χ1v) is 5.39. The van der Waals surface area contributed by atoms with Gasteiger partial charge in [0.05, 0.1) is 0 Å². The van der Waals surface area contributed by atoms with Gasteiger partial charge >= 0.3 is 0 Å². The van der Waals surface area contributed by atoms with Crippen LogP contribution in [0.4, 0.5) is 0 Å². The highest BCUT2D eigenvalue weighted by Crippen LogP contribution is 2.27. The minimum atomic E-state index is 0.269. The Bertz CT molecular complexity index is 225. The summed E-state index contributed by atoms with van der Waals surface area (Å²) in [6, 6.07) is 0.269. The van der Waals surface area contributed by atoms with E-state index in [2.05, 4.69) is 32.9 Å². The van der Waals surface area contributed by atoms with Crippen LogP contribution in [0.15, 0.2) is 23.3 Å². The van der Waals surface area contributed by atoms with E-state index in [1.54, 1.807) is 0 Å². The Morgan fingerprint density at radius 3 is 2.38 bits per heavy atom. The van der Waals surface area contributed by atoms with Gasteiger partial charge in [-0.1, -0.05) is 44.1 Å². The molecule has 0 fully saturated rings. The van der Waals surface area contributed by atoms with Gasteiger partial charge in [0.1, 0.15) is 0 Å². The van der Waals surface area contributed by atoms with Gasteiger partial charge in [-0.15, -0.1) is 0 Å². The highest BCUT2D eigenvalue weighted by molar-refractivity contribution is 5.33. The quantitative estimate of drug-likeness (QED) is 0.708. The fourth-order valence-electron chi connectivity index (χ4n) is 1.97. The van der Waals surface area contributed by atoms with Crippen LogP contribution in [0.3, 0.4) is 0 Å². The highest BCUT2D eigenvalue weighted by atomic mass is 14.7. The van der Waals surface area contributed by atoms with Crippen molar-refractivity contribution in [2.45, 2.75) is 46.1 Å². The van der Waals surface area contributed by atoms with Crippen molar-refractivity contribution in [1.29, 1.82) is 0 Å². The number of nitrogens with two attached hydrogens (primary N) is 1. The lowest BCUT2D eigenvalue weighted by Crippen LogP contribution is -2.32. The van der Waals surface area contributed by atoms with Crippen molar-refractivity contribution in [3.05, 3.63) is 23.3 Å². The van der Waals surface area contributed by atoms with Crippen LogP contribution in [0.25, 0.3) is 0 Å². The average molecular weight is 179 g/mol. The zero-order valence-corrected chi connectivity index (χ0v) is 9.01. The maximum Gasteiger partial charge on any atom is 0.0320 e. The van der Waals surface area contributed by atoms with Crippen LogP contribution >= 0.6 is 0 Å². The molecular formula is C12H21N. The maximum atomic E-state index is 6.15. The molecule has 0 aromatic heterocycles. The number of hydrogen-bond acceptors (Lipinski definition) is 1. The van der Waals surface area contributed by atoms with Crippen LogP contribution in [-0.4, -0.2) is 6.04 Å². The van der Waals surface area contributed by atoms with Gasteiger partial charge in [-0.3, -0.25) is 0 Å². The van der Waals surface area contributed by atoms with E-state index in [1.807, 2.05) is 0 Å². The molecule has 0 heterocycles. The number of hydrogen-bond donors (Lipinski definition) is 1. The van der Waals surface area contributed by atoms with E-state index in [0.717, 1.165) is 19.3 Å². The van der Waals surface area contributed by atoms with Crippen LogP contribution < -0.4 is 5.73 Å². The van der Waals surface area contributed by atoms with Crippen molar-refractivity contribution < 1.29 is 0 Å². The fourth-order valence-corrected chi connectivity index (χ4v) is 1.97. The lowest BCUT2D eigenvalue weighted by atomic mass is 9.83. The molecule has 2 atom stereocenters. The fraction of sp³-hybridized carbons (Fsp3) is 0.667. The smallest absolute Gasteiger partial charge is 0.0320 e. The van der Waals surface area contributed by atoms with Crippen LogP contribution in [0.2, 0.25) is 0 Å². The molecule has 1 heteroatoms. The first-order valence-electron chi connectivity index (χ1n) is 5.39. The summed E-state index contributed by atoms with van der Waals surface area (Å²) in [7, 11) is 0. The molecule has 0 aliphatic heterocycles. The standard InChI is InChI=1S/C12H21N/c1-4-9-7-10(5-2)12(13)11(6-3)8-9/h7-8,10,12H,4-6,13H2,1-3H3. The molecule has 0 radical (unpaired) electrons. The van der Waals surface area contributed by atoms with Crippen LogP contribution in [0, 0.1) is 5.92 Å². The second-order valence-electron chi connectivity index (χ2n) is 3.77. The molecule has 0 bridgehead atoms. The van der Waals surface area contributed by atoms with Gasteiger partial charge in [-0.2, -0.15) is 0 Å². The van der Waals surface area contributed by atoms with Gasteiger partial charge in [-0.25, -0.2) is 0 Å². The largest absolute Gasteiger partial charge is 0.324 e. The molecule has 1 aliphatic rings. The molecule has 0 amide bonds. The van der Waals surface area contributed by atoms with Crippen molar-refractivity contribution in [2.75, 3.05) is 0 Å². The van der Waals surface area contributed by atoms with Crippen molar-refractivity contribution in [3.63, 3.8) is 0 Å². The summed E-state index contributed by atoms with van der Waals surface area (Å²) in [4.78, 5) is 0. The molecule has 0 spiro atoms. The Morgan fingerprint density at radius 2 is 1.92 bits per heavy atom. The van der Waals surface area contributed by atoms with Crippen molar-refractivity contribution in [2.24, 2.45) is 11.7 Å². The molecule has 0 saturated carbocycles. The topological polar surface area (TPSA) is 26.0 Å². The molecule has 0 aromatic rings. The van der Waals surface area contributed by atoms with E-state index in [0.29, 0.717) is 5.92 Å². The third kappa shape index (κ3) is 2.22. The third-order valence-corrected chi connectivity index (χ3v) is 2.98. The number of rotatable bonds is 3. The van der Waals surface area contributed by atoms with E-state index in [4.69, 9.17) is 5.73 Å². The lowest BCUT2D eigenvalue weighted by molar-refractivity contribution is 0.517. The Kier molecular flexibility index (Phi) is 3.73. The van der Waals surface area contributed by atoms with Gasteiger partial charge < -0.3 is 5.73 Å². The zero-order chi connectivity index (χ0) is 9.84. The normalized spacial score (nSPS) is 28.3. The summed E-state index contributed by atoms with van der Waals surface area (Å²) in [5.41, 5.74) is 9.03. The maximum absolute atomic E-state index is 6.15. The zero-order valence-electron chi connectivity index (χ0n) is 9.01. The monoisotopic (exact) mass is 179 g/mol. The van der Waals surface area contributed by atoms with E-state index >= 15 is 0 Å². The molecule has 13 heavy (non-hydrogen) atoms. The molecule has 0 saturated heterocycles. The summed E-state index contributed by atoms with van der Waals surface area (Å²) in [5, 5.41) is 0. The van der Waals surface area contributed by atoms with Crippen LogP contribution in [0.5, 0.6) is 0 Å². The Morgan fingerprint density at radius 1 is 1.23 bits per heavy atom. The van der Waals surface area contributed by atoms with Gasteiger partial charge in [0.15, 0.2) is 0 Å². The Labute approximate surface area is 81.7 Å². The minimum absolute atomic E-state index is 0.269. The van der Waals surface area contributed by atoms with Gasteiger partial charge in [0.25, 0.3) is 0 Å². The minimum Gasteiger partial charge on any atom is -0.324 e. The molecule has 1 rings (SSSR count). The second kappa shape index (κ2) is 4.61. The van der Waals surface area contributed by atoms with Crippen molar-refractivity contribution in [1.82, 2.24) is 0 Å². The average Bonchev–Trinajstić information content (AvgIpc) is 2.18. The van der Waals surface area contributed by atoms with Crippen LogP contribution in [-0.2, 0) is 0 Å². The number of allylic oxidation sites excluding steroid dienone is 2. The molecule has 2 unspecified atom stereocenters. The summed E-state index contributed by atoms with van der Waals surface area (Å²) in [6.45, 7) is 6.61. The SMILES string of the molecule is CCC1=CC(CC)C(N)C(CC)=C1. The van der Waals surface area contributed by atoms with E-state index in [9.17, 15) is 0 Å². The molecule has 74 valence electrons. The molecule has 0 aromatic carbocycles. The van der Waals surface area contributed by atoms with E-state index in [-0.39, 0.29) is 6.04 Å². The Hall–Kier alpha value is -0.560. The molecule has 1 nitrogen and oxygen atoms in total. The summed E-state index contributed by atoms with van der Waals surface area (Å²) in [5.74, 6) is 0.565. The lowest BCUT2D eigenvalue weighted by Gasteiger charge is -2.27. The van der Waals surface area contributed by atoms with Crippen molar-refractivity contribution in [3.8, 4) is 0 Å². The molecule has 1 aliphatic carbocycles. The summed E-state index contributed by atoms with van der Waals surface area (Å²) < 4.78 is 0. The Balaban J connectivity index is 2.85. The first kappa shape index (κ1) is 10.5. The van der Waals surface area contributed by atoms with Gasteiger partial charge in [-0.05, 0) is 25.2 Å². The van der Waals surface area contributed by atoms with E-state index in [1.165, 1.54) is 11.1 Å². The summed E-state index contributed by atoms with van der Waals surface area (Å²) >= 11 is 0. The predicted molar refractivity (Wildman–Crippen MR) is 58.5 cm³/mol. The van der Waals surface area contributed by atoms with Crippen molar-refractivity contribution >= 4 is 0 Å². The molecular weight excluding hydrogens is 158 g/mol. The predicted octanol–water partition coefficient (Wildman–Crippen LogP) is 3.03. The summed E-state index contributed by atoms with van der Waals surface area (Å²) in [6.07, 6.45) is 8.02. The van der Waals surface area contributed by atoms with Gasteiger partial charge in [0, 0.05) is 6.04 Å².